The number of amides is 1. The first-order chi connectivity index (χ1) is 12.6. The van der Waals surface area contributed by atoms with Crippen LogP contribution < -0.4 is 10.1 Å². The maximum Gasteiger partial charge on any atom is 0.235 e. The Labute approximate surface area is 156 Å². The lowest BCUT2D eigenvalue weighted by Crippen LogP contribution is -2.18. The third-order valence-electron chi connectivity index (χ3n) is 3.70. The zero-order valence-electron chi connectivity index (χ0n) is 14.9. The third-order valence-corrected chi connectivity index (χ3v) is 4.66. The number of ether oxygens (including phenoxy) is 1. The number of methoxy groups -OCH3 is 1. The summed E-state index contributed by atoms with van der Waals surface area (Å²) in [6.07, 6.45) is 5.26. The van der Waals surface area contributed by atoms with Crippen molar-refractivity contribution in [3.63, 3.8) is 0 Å². The van der Waals surface area contributed by atoms with E-state index in [-0.39, 0.29) is 17.7 Å². The minimum Gasteiger partial charge on any atom is -0.497 e. The Bertz CT molecular complexity index is 887. The van der Waals surface area contributed by atoms with Crippen molar-refractivity contribution in [2.24, 2.45) is 0 Å². The van der Waals surface area contributed by atoms with Gasteiger partial charge in [-0.1, -0.05) is 17.8 Å². The SMILES string of the molecule is COc1cccc(-n2ccnc2SCC(=O)Nc2ccnn2C(C)C)c1. The summed E-state index contributed by atoms with van der Waals surface area (Å²) in [7, 11) is 1.63. The Balaban J connectivity index is 1.66. The van der Waals surface area contributed by atoms with Crippen LogP contribution in [0.1, 0.15) is 19.9 Å². The van der Waals surface area contributed by atoms with Crippen LogP contribution >= 0.6 is 11.8 Å². The van der Waals surface area contributed by atoms with E-state index in [1.165, 1.54) is 11.8 Å². The molecule has 0 aliphatic carbocycles. The molecule has 0 atom stereocenters. The maximum absolute atomic E-state index is 12.3. The molecule has 26 heavy (non-hydrogen) atoms. The van der Waals surface area contributed by atoms with Gasteiger partial charge in [-0.2, -0.15) is 5.10 Å². The number of thioether (sulfide) groups is 1. The number of nitrogens with zero attached hydrogens (tertiary/aromatic N) is 4. The van der Waals surface area contributed by atoms with Gasteiger partial charge in [0.2, 0.25) is 5.91 Å². The number of hydrogen-bond donors (Lipinski definition) is 1. The van der Waals surface area contributed by atoms with Crippen molar-refractivity contribution in [3.05, 3.63) is 48.9 Å². The lowest BCUT2D eigenvalue weighted by atomic mass is 10.3. The van der Waals surface area contributed by atoms with Crippen LogP contribution in [0.5, 0.6) is 5.75 Å². The molecule has 0 aliphatic heterocycles. The normalized spacial score (nSPS) is 10.9. The first-order valence-electron chi connectivity index (χ1n) is 8.22. The Morgan fingerprint density at radius 2 is 2.15 bits per heavy atom. The molecule has 0 saturated carbocycles. The maximum atomic E-state index is 12.3. The average Bonchev–Trinajstić information content (AvgIpc) is 3.29. The average molecular weight is 371 g/mol. The molecule has 0 radical (unpaired) electrons. The van der Waals surface area contributed by atoms with Gasteiger partial charge in [0.25, 0.3) is 0 Å². The van der Waals surface area contributed by atoms with Crippen molar-refractivity contribution < 1.29 is 9.53 Å². The molecule has 0 spiro atoms. The summed E-state index contributed by atoms with van der Waals surface area (Å²) in [6.45, 7) is 4.03. The molecule has 0 bridgehead atoms. The quantitative estimate of drug-likeness (QED) is 0.645. The molecule has 136 valence electrons. The number of rotatable bonds is 7. The molecule has 1 aromatic carbocycles. The fourth-order valence-corrected chi connectivity index (χ4v) is 3.26. The first kappa shape index (κ1) is 18.1. The monoisotopic (exact) mass is 371 g/mol. The number of nitrogens with one attached hydrogen (secondary N) is 1. The number of carbonyl (C=O) groups is 1. The van der Waals surface area contributed by atoms with Gasteiger partial charge in [0.05, 0.1) is 24.7 Å². The number of aromatic nitrogens is 4. The minimum atomic E-state index is -0.0995. The predicted octanol–water partition coefficient (Wildman–Crippen LogP) is 3.39. The van der Waals surface area contributed by atoms with E-state index < -0.39 is 0 Å². The molecule has 3 rings (SSSR count). The van der Waals surface area contributed by atoms with Gasteiger partial charge >= 0.3 is 0 Å². The van der Waals surface area contributed by atoms with E-state index in [2.05, 4.69) is 15.4 Å². The molecule has 2 heterocycles. The molecule has 0 fully saturated rings. The van der Waals surface area contributed by atoms with Crippen LogP contribution in [0, 0.1) is 0 Å². The fraction of sp³-hybridized carbons (Fsp3) is 0.278. The van der Waals surface area contributed by atoms with Crippen molar-refractivity contribution in [2.45, 2.75) is 25.0 Å². The van der Waals surface area contributed by atoms with Crippen LogP contribution in [0.2, 0.25) is 0 Å². The van der Waals surface area contributed by atoms with Gasteiger partial charge in [0.15, 0.2) is 5.16 Å². The predicted molar refractivity (Wildman–Crippen MR) is 102 cm³/mol. The van der Waals surface area contributed by atoms with Crippen molar-refractivity contribution in [3.8, 4) is 11.4 Å². The number of benzene rings is 1. The molecule has 2 aromatic heterocycles. The van der Waals surface area contributed by atoms with E-state index in [0.717, 1.165) is 16.6 Å². The summed E-state index contributed by atoms with van der Waals surface area (Å²) in [6, 6.07) is 9.67. The summed E-state index contributed by atoms with van der Waals surface area (Å²) >= 11 is 1.38. The van der Waals surface area contributed by atoms with Crippen LogP contribution in [-0.4, -0.2) is 38.1 Å². The van der Waals surface area contributed by atoms with Gasteiger partial charge in [-0.25, -0.2) is 9.67 Å². The Kier molecular flexibility index (Phi) is 5.62. The van der Waals surface area contributed by atoms with Crippen LogP contribution in [0.3, 0.4) is 0 Å². The van der Waals surface area contributed by atoms with E-state index in [4.69, 9.17) is 4.74 Å². The van der Waals surface area contributed by atoms with E-state index in [1.807, 2.05) is 48.9 Å². The molecule has 0 aliphatic rings. The Hall–Kier alpha value is -2.74. The summed E-state index contributed by atoms with van der Waals surface area (Å²) in [5, 5.41) is 7.85. The van der Waals surface area contributed by atoms with Gasteiger partial charge in [-0.3, -0.25) is 9.36 Å². The molecule has 1 N–H and O–H groups in total. The second kappa shape index (κ2) is 8.09. The molecule has 7 nitrogen and oxygen atoms in total. The highest BCUT2D eigenvalue weighted by molar-refractivity contribution is 7.99. The minimum absolute atomic E-state index is 0.0995. The zero-order chi connectivity index (χ0) is 18.5. The number of imidazole rings is 1. The standard InChI is InChI=1S/C18H21N5O2S/c1-13(2)23-16(7-8-20-23)21-17(24)12-26-18-19-9-10-22(18)14-5-4-6-15(11-14)25-3/h4-11,13H,12H2,1-3H3,(H,21,24). The second-order valence-electron chi connectivity index (χ2n) is 5.87. The molecular weight excluding hydrogens is 350 g/mol. The van der Waals surface area contributed by atoms with Crippen molar-refractivity contribution in [1.29, 1.82) is 0 Å². The molecule has 3 aromatic rings. The molecule has 1 amide bonds. The van der Waals surface area contributed by atoms with Crippen LogP contribution in [0.15, 0.2) is 54.1 Å². The van der Waals surface area contributed by atoms with Crippen molar-refractivity contribution in [1.82, 2.24) is 19.3 Å². The van der Waals surface area contributed by atoms with Crippen LogP contribution in [-0.2, 0) is 4.79 Å². The van der Waals surface area contributed by atoms with Crippen molar-refractivity contribution in [2.75, 3.05) is 18.2 Å². The van der Waals surface area contributed by atoms with Crippen LogP contribution in [0.4, 0.5) is 5.82 Å². The topological polar surface area (TPSA) is 74.0 Å². The zero-order valence-corrected chi connectivity index (χ0v) is 15.7. The fourth-order valence-electron chi connectivity index (χ4n) is 2.49. The van der Waals surface area contributed by atoms with Gasteiger partial charge in [-0.05, 0) is 26.0 Å². The summed E-state index contributed by atoms with van der Waals surface area (Å²) < 4.78 is 8.97. The summed E-state index contributed by atoms with van der Waals surface area (Å²) in [5.74, 6) is 1.62. The number of carbonyl (C=O) groups excluding carboxylic acids is 1. The Morgan fingerprint density at radius 3 is 2.92 bits per heavy atom. The first-order valence-corrected chi connectivity index (χ1v) is 9.21. The second-order valence-corrected chi connectivity index (χ2v) is 6.82. The lowest BCUT2D eigenvalue weighted by molar-refractivity contribution is -0.113. The van der Waals surface area contributed by atoms with E-state index in [0.29, 0.717) is 5.82 Å². The summed E-state index contributed by atoms with van der Waals surface area (Å²) in [4.78, 5) is 16.6. The van der Waals surface area contributed by atoms with Gasteiger partial charge < -0.3 is 10.1 Å². The summed E-state index contributed by atoms with van der Waals surface area (Å²) in [5.41, 5.74) is 0.933. The van der Waals surface area contributed by atoms with E-state index >= 15 is 0 Å². The van der Waals surface area contributed by atoms with E-state index in [1.54, 1.807) is 30.3 Å². The highest BCUT2D eigenvalue weighted by atomic mass is 32.2. The van der Waals surface area contributed by atoms with Crippen LogP contribution in [0.25, 0.3) is 5.69 Å². The highest BCUT2D eigenvalue weighted by Crippen LogP contribution is 2.23. The molecule has 8 heteroatoms. The molecule has 0 unspecified atom stereocenters. The molecule has 0 saturated heterocycles. The third kappa shape index (κ3) is 4.08. The number of hydrogen-bond acceptors (Lipinski definition) is 5. The number of anilines is 1. The smallest absolute Gasteiger partial charge is 0.235 e. The highest BCUT2D eigenvalue weighted by Gasteiger charge is 2.12. The van der Waals surface area contributed by atoms with Gasteiger partial charge in [0, 0.05) is 30.6 Å². The van der Waals surface area contributed by atoms with E-state index in [9.17, 15) is 4.79 Å². The largest absolute Gasteiger partial charge is 0.497 e. The Morgan fingerprint density at radius 1 is 1.31 bits per heavy atom. The lowest BCUT2D eigenvalue weighted by Gasteiger charge is -2.12. The van der Waals surface area contributed by atoms with Gasteiger partial charge in [0.1, 0.15) is 11.6 Å². The molecular formula is C18H21N5O2S. The van der Waals surface area contributed by atoms with Crippen molar-refractivity contribution >= 4 is 23.5 Å². The van der Waals surface area contributed by atoms with Gasteiger partial charge in [-0.15, -0.1) is 0 Å².